The fraction of sp³-hybridized carbons (Fsp3) is 0.500. The van der Waals surface area contributed by atoms with Gasteiger partial charge >= 0.3 is 0 Å². The molecule has 1 amide bonds. The Hall–Kier alpha value is -1.04. The third-order valence-electron chi connectivity index (χ3n) is 3.07. The summed E-state index contributed by atoms with van der Waals surface area (Å²) in [6.45, 7) is 4.33. The third kappa shape index (κ3) is 3.29. The van der Waals surface area contributed by atoms with Gasteiger partial charge in [-0.25, -0.2) is 4.98 Å². The number of halogens is 2. The van der Waals surface area contributed by atoms with E-state index in [-0.39, 0.29) is 5.91 Å². The maximum Gasteiger partial charge on any atom is 0.239 e. The number of hydrogen-bond donors (Lipinski definition) is 1. The molecule has 5 nitrogen and oxygen atoms in total. The minimum atomic E-state index is -0.455. The van der Waals surface area contributed by atoms with Crippen LogP contribution in [0.2, 0.25) is 10.0 Å². The van der Waals surface area contributed by atoms with Crippen molar-refractivity contribution in [2.24, 2.45) is 5.73 Å². The second kappa shape index (κ2) is 5.94. The fourth-order valence-electron chi connectivity index (χ4n) is 2.07. The first-order valence-electron chi connectivity index (χ1n) is 6.09. The Kier molecular flexibility index (Phi) is 4.50. The Morgan fingerprint density at radius 2 is 2.00 bits per heavy atom. The number of anilines is 1. The average molecular weight is 303 g/mol. The number of hydrogen-bond acceptors (Lipinski definition) is 4. The number of rotatable bonds is 2. The minimum Gasteiger partial charge on any atom is -0.352 e. The van der Waals surface area contributed by atoms with E-state index in [0.717, 1.165) is 0 Å². The molecule has 2 N–H and O–H groups in total. The van der Waals surface area contributed by atoms with Crippen molar-refractivity contribution in [1.82, 2.24) is 9.88 Å². The van der Waals surface area contributed by atoms with Gasteiger partial charge in [0.1, 0.15) is 5.82 Å². The molecule has 0 aromatic carbocycles. The summed E-state index contributed by atoms with van der Waals surface area (Å²) in [4.78, 5) is 19.8. The van der Waals surface area contributed by atoms with Gasteiger partial charge in [0.15, 0.2) is 0 Å². The molecule has 1 saturated heterocycles. The summed E-state index contributed by atoms with van der Waals surface area (Å²) >= 11 is 11.9. The molecule has 104 valence electrons. The number of carbonyl (C=O) groups excluding carboxylic acids is 1. The lowest BCUT2D eigenvalue weighted by Gasteiger charge is -2.36. The van der Waals surface area contributed by atoms with Crippen LogP contribution in [0.5, 0.6) is 0 Å². The van der Waals surface area contributed by atoms with Crippen molar-refractivity contribution in [3.05, 3.63) is 22.3 Å². The van der Waals surface area contributed by atoms with E-state index in [0.29, 0.717) is 42.0 Å². The zero-order chi connectivity index (χ0) is 14.0. The van der Waals surface area contributed by atoms with E-state index in [1.165, 1.54) is 0 Å². The van der Waals surface area contributed by atoms with Crippen LogP contribution >= 0.6 is 23.2 Å². The van der Waals surface area contributed by atoms with E-state index in [1.807, 2.05) is 4.90 Å². The number of aromatic nitrogens is 1. The standard InChI is InChI=1S/C12H16Cl2N4O/c1-8(15)12(19)18-4-2-17(3-5-18)11-10(14)6-9(13)7-16-11/h6-8H,2-5,15H2,1H3. The molecule has 1 aromatic rings. The van der Waals surface area contributed by atoms with E-state index >= 15 is 0 Å². The molecule has 0 radical (unpaired) electrons. The Labute approximate surface area is 122 Å². The van der Waals surface area contributed by atoms with E-state index in [2.05, 4.69) is 4.98 Å². The smallest absolute Gasteiger partial charge is 0.239 e. The summed E-state index contributed by atoms with van der Waals surface area (Å²) < 4.78 is 0. The minimum absolute atomic E-state index is 0.0187. The Morgan fingerprint density at radius 1 is 1.37 bits per heavy atom. The van der Waals surface area contributed by atoms with E-state index in [4.69, 9.17) is 28.9 Å². The third-order valence-corrected chi connectivity index (χ3v) is 3.55. The molecule has 1 aliphatic heterocycles. The number of pyridine rings is 1. The van der Waals surface area contributed by atoms with Crippen LogP contribution in [0.15, 0.2) is 12.3 Å². The van der Waals surface area contributed by atoms with E-state index in [9.17, 15) is 4.79 Å². The lowest BCUT2D eigenvalue weighted by atomic mass is 10.2. The van der Waals surface area contributed by atoms with E-state index < -0.39 is 6.04 Å². The number of nitrogens with two attached hydrogens (primary N) is 1. The first kappa shape index (κ1) is 14.4. The first-order valence-corrected chi connectivity index (χ1v) is 6.85. The number of amides is 1. The van der Waals surface area contributed by atoms with Crippen LogP contribution in [0.4, 0.5) is 5.82 Å². The fourth-order valence-corrected chi connectivity index (χ4v) is 2.57. The van der Waals surface area contributed by atoms with Crippen molar-refractivity contribution in [2.75, 3.05) is 31.1 Å². The summed E-state index contributed by atoms with van der Waals surface area (Å²) in [5.41, 5.74) is 5.60. The van der Waals surface area contributed by atoms with Gasteiger partial charge in [-0.3, -0.25) is 4.79 Å². The highest BCUT2D eigenvalue weighted by Gasteiger charge is 2.24. The second-order valence-electron chi connectivity index (χ2n) is 4.56. The lowest BCUT2D eigenvalue weighted by Crippen LogP contribution is -2.52. The molecule has 1 aliphatic rings. The largest absolute Gasteiger partial charge is 0.352 e. The maximum atomic E-state index is 11.8. The van der Waals surface area contributed by atoms with E-state index in [1.54, 1.807) is 24.1 Å². The zero-order valence-corrected chi connectivity index (χ0v) is 12.2. The molecule has 19 heavy (non-hydrogen) atoms. The second-order valence-corrected chi connectivity index (χ2v) is 5.40. The van der Waals surface area contributed by atoms with Gasteiger partial charge in [0.2, 0.25) is 5.91 Å². The molecule has 7 heteroatoms. The molecular weight excluding hydrogens is 287 g/mol. The van der Waals surface area contributed by atoms with Crippen LogP contribution < -0.4 is 10.6 Å². The normalized spacial score (nSPS) is 17.5. The van der Waals surface area contributed by atoms with Crippen LogP contribution in [0.25, 0.3) is 0 Å². The van der Waals surface area contributed by atoms with Crippen LogP contribution in [0.3, 0.4) is 0 Å². The number of nitrogens with zero attached hydrogens (tertiary/aromatic N) is 3. The predicted molar refractivity (Wildman–Crippen MR) is 76.7 cm³/mol. The van der Waals surface area contributed by atoms with Crippen molar-refractivity contribution < 1.29 is 4.79 Å². The SMILES string of the molecule is CC(N)C(=O)N1CCN(c2ncc(Cl)cc2Cl)CC1. The molecular formula is C12H16Cl2N4O. The molecule has 1 atom stereocenters. The molecule has 1 fully saturated rings. The molecule has 2 heterocycles. The first-order chi connectivity index (χ1) is 8.99. The van der Waals surface area contributed by atoms with Crippen LogP contribution in [0.1, 0.15) is 6.92 Å². The predicted octanol–water partition coefficient (Wildman–Crippen LogP) is 1.38. The lowest BCUT2D eigenvalue weighted by molar-refractivity contribution is -0.132. The van der Waals surface area contributed by atoms with Crippen LogP contribution in [-0.4, -0.2) is 48.0 Å². The molecule has 1 aromatic heterocycles. The van der Waals surface area contributed by atoms with Gasteiger partial charge in [0, 0.05) is 32.4 Å². The molecule has 0 saturated carbocycles. The van der Waals surface area contributed by atoms with Crippen LogP contribution in [-0.2, 0) is 4.79 Å². The highest BCUT2D eigenvalue weighted by molar-refractivity contribution is 6.36. The summed E-state index contributed by atoms with van der Waals surface area (Å²) in [6.07, 6.45) is 1.57. The zero-order valence-electron chi connectivity index (χ0n) is 10.6. The van der Waals surface area contributed by atoms with Crippen molar-refractivity contribution in [3.8, 4) is 0 Å². The summed E-state index contributed by atoms with van der Waals surface area (Å²) in [5, 5.41) is 1.04. The van der Waals surface area contributed by atoms with Gasteiger partial charge in [-0.05, 0) is 13.0 Å². The molecule has 0 spiro atoms. The summed E-state index contributed by atoms with van der Waals surface area (Å²) in [7, 11) is 0. The Balaban J connectivity index is 2.02. The maximum absolute atomic E-state index is 11.8. The molecule has 0 aliphatic carbocycles. The number of piperazine rings is 1. The Morgan fingerprint density at radius 3 is 2.53 bits per heavy atom. The van der Waals surface area contributed by atoms with Gasteiger partial charge in [0.05, 0.1) is 16.1 Å². The van der Waals surface area contributed by atoms with Crippen LogP contribution in [0, 0.1) is 0 Å². The van der Waals surface area contributed by atoms with Gasteiger partial charge < -0.3 is 15.5 Å². The van der Waals surface area contributed by atoms with Gasteiger partial charge in [-0.15, -0.1) is 0 Å². The molecule has 2 rings (SSSR count). The van der Waals surface area contributed by atoms with Gasteiger partial charge in [-0.1, -0.05) is 23.2 Å². The molecule has 1 unspecified atom stereocenters. The topological polar surface area (TPSA) is 62.5 Å². The quantitative estimate of drug-likeness (QED) is 0.896. The van der Waals surface area contributed by atoms with Crippen molar-refractivity contribution >= 4 is 34.9 Å². The monoisotopic (exact) mass is 302 g/mol. The highest BCUT2D eigenvalue weighted by Crippen LogP contribution is 2.26. The summed E-state index contributed by atoms with van der Waals surface area (Å²) in [6, 6.07) is 1.22. The highest BCUT2D eigenvalue weighted by atomic mass is 35.5. The molecule has 0 bridgehead atoms. The summed E-state index contributed by atoms with van der Waals surface area (Å²) in [5.74, 6) is 0.689. The Bertz CT molecular complexity index is 473. The van der Waals surface area contributed by atoms with Crippen molar-refractivity contribution in [3.63, 3.8) is 0 Å². The van der Waals surface area contributed by atoms with Crippen molar-refractivity contribution in [2.45, 2.75) is 13.0 Å². The average Bonchev–Trinajstić information content (AvgIpc) is 2.38. The van der Waals surface area contributed by atoms with Crippen molar-refractivity contribution in [1.29, 1.82) is 0 Å². The van der Waals surface area contributed by atoms with Gasteiger partial charge in [0.25, 0.3) is 0 Å². The van der Waals surface area contributed by atoms with Gasteiger partial charge in [-0.2, -0.15) is 0 Å². The number of carbonyl (C=O) groups is 1.